The second-order valence-electron chi connectivity index (χ2n) is 5.46. The smallest absolute Gasteiger partial charge is 0.274 e. The van der Waals surface area contributed by atoms with Gasteiger partial charge in [-0.15, -0.1) is 0 Å². The molecule has 1 fully saturated rings. The Kier molecular flexibility index (Phi) is 4.32. The lowest BCUT2D eigenvalue weighted by Gasteiger charge is -2.32. The molecule has 0 saturated heterocycles. The highest BCUT2D eigenvalue weighted by Crippen LogP contribution is 2.30. The number of aliphatic hydroxyl groups excluding tert-OH is 1. The summed E-state index contributed by atoms with van der Waals surface area (Å²) < 4.78 is 32.0. The van der Waals surface area contributed by atoms with Crippen LogP contribution in [0.15, 0.2) is 21.6 Å². The second kappa shape index (κ2) is 5.64. The van der Waals surface area contributed by atoms with Crippen molar-refractivity contribution < 1.29 is 17.9 Å². The normalized spacial score (nSPS) is 28.5. The highest BCUT2D eigenvalue weighted by atomic mass is 32.2. The molecule has 1 aliphatic rings. The summed E-state index contributed by atoms with van der Waals surface area (Å²) in [7, 11) is -3.62. The Morgan fingerprint density at radius 1 is 1.32 bits per heavy atom. The largest absolute Gasteiger partial charge is 0.446 e. The minimum Gasteiger partial charge on any atom is -0.446 e. The van der Waals surface area contributed by atoms with Crippen LogP contribution in [0.3, 0.4) is 0 Å². The van der Waals surface area contributed by atoms with Gasteiger partial charge in [0, 0.05) is 6.04 Å². The lowest BCUT2D eigenvalue weighted by molar-refractivity contribution is 0.233. The van der Waals surface area contributed by atoms with E-state index in [9.17, 15) is 8.42 Å². The van der Waals surface area contributed by atoms with Crippen LogP contribution in [0, 0.1) is 11.8 Å². The number of aliphatic hydroxyl groups is 1. The Labute approximate surface area is 114 Å². The number of nitrogens with one attached hydrogen (secondary N) is 1. The summed E-state index contributed by atoms with van der Waals surface area (Å²) in [6.45, 7) is 4.06. The van der Waals surface area contributed by atoms with Crippen molar-refractivity contribution in [3.63, 3.8) is 0 Å². The fraction of sp³-hybridized carbons (Fsp3) is 0.692. The van der Waals surface area contributed by atoms with E-state index in [4.69, 9.17) is 9.52 Å². The summed E-state index contributed by atoms with van der Waals surface area (Å²) in [6, 6.07) is 2.82. The summed E-state index contributed by atoms with van der Waals surface area (Å²) in [4.78, 5) is 0. The molecule has 3 unspecified atom stereocenters. The minimum atomic E-state index is -3.62. The molecule has 1 aromatic rings. The maximum Gasteiger partial charge on any atom is 0.274 e. The Balaban J connectivity index is 2.05. The Bertz CT molecular complexity index is 523. The van der Waals surface area contributed by atoms with E-state index in [1.54, 1.807) is 0 Å². The van der Waals surface area contributed by atoms with Crippen LogP contribution in [0.5, 0.6) is 0 Å². The highest BCUT2D eigenvalue weighted by Gasteiger charge is 2.29. The molecule has 1 heterocycles. The highest BCUT2D eigenvalue weighted by molar-refractivity contribution is 7.89. The molecule has 0 aromatic carbocycles. The van der Waals surface area contributed by atoms with E-state index in [1.165, 1.54) is 12.1 Å². The molecule has 5 nitrogen and oxygen atoms in total. The van der Waals surface area contributed by atoms with Gasteiger partial charge >= 0.3 is 0 Å². The van der Waals surface area contributed by atoms with Gasteiger partial charge in [0.25, 0.3) is 10.0 Å². The van der Waals surface area contributed by atoms with Crippen LogP contribution < -0.4 is 4.72 Å². The average Bonchev–Trinajstić information content (AvgIpc) is 2.83. The fourth-order valence-corrected chi connectivity index (χ4v) is 3.75. The molecule has 3 atom stereocenters. The van der Waals surface area contributed by atoms with Gasteiger partial charge < -0.3 is 9.52 Å². The van der Waals surface area contributed by atoms with Gasteiger partial charge in [0.05, 0.1) is 0 Å². The molecule has 0 aliphatic heterocycles. The molecule has 1 saturated carbocycles. The molecule has 0 radical (unpaired) electrons. The lowest BCUT2D eigenvalue weighted by Crippen LogP contribution is -2.39. The van der Waals surface area contributed by atoms with Crippen LogP contribution in [-0.2, 0) is 16.6 Å². The Hall–Kier alpha value is -0.850. The van der Waals surface area contributed by atoms with Crippen molar-refractivity contribution in [1.82, 2.24) is 4.72 Å². The van der Waals surface area contributed by atoms with Crippen LogP contribution >= 0.6 is 0 Å². The van der Waals surface area contributed by atoms with Crippen LogP contribution in [-0.4, -0.2) is 19.6 Å². The molecule has 0 amide bonds. The summed E-state index contributed by atoms with van der Waals surface area (Å²) in [5.74, 6) is 1.42. The monoisotopic (exact) mass is 287 g/mol. The molecule has 2 N–H and O–H groups in total. The summed E-state index contributed by atoms with van der Waals surface area (Å²) in [5, 5.41) is 8.77. The van der Waals surface area contributed by atoms with Crippen molar-refractivity contribution in [2.24, 2.45) is 11.8 Å². The maximum atomic E-state index is 12.1. The average molecular weight is 287 g/mol. The van der Waals surface area contributed by atoms with E-state index >= 15 is 0 Å². The van der Waals surface area contributed by atoms with Crippen molar-refractivity contribution >= 4 is 10.0 Å². The standard InChI is InChI=1S/C13H21NO4S/c1-9-3-4-11(7-10(9)2)14-19(16,17)13-6-5-12(8-15)18-13/h5-6,9-11,14-15H,3-4,7-8H2,1-2H3. The molecular formula is C13H21NO4S. The van der Waals surface area contributed by atoms with E-state index in [-0.39, 0.29) is 23.5 Å². The zero-order chi connectivity index (χ0) is 14.0. The van der Waals surface area contributed by atoms with Crippen molar-refractivity contribution in [3.05, 3.63) is 17.9 Å². The van der Waals surface area contributed by atoms with Gasteiger partial charge in [-0.1, -0.05) is 13.8 Å². The first-order valence-electron chi connectivity index (χ1n) is 6.64. The van der Waals surface area contributed by atoms with Gasteiger partial charge in [-0.3, -0.25) is 0 Å². The molecule has 2 rings (SSSR count). The molecule has 19 heavy (non-hydrogen) atoms. The number of rotatable bonds is 4. The van der Waals surface area contributed by atoms with Gasteiger partial charge in [0.2, 0.25) is 5.09 Å². The first kappa shape index (κ1) is 14.6. The van der Waals surface area contributed by atoms with E-state index < -0.39 is 10.0 Å². The summed E-state index contributed by atoms with van der Waals surface area (Å²) >= 11 is 0. The third-order valence-corrected chi connectivity index (χ3v) is 5.37. The van der Waals surface area contributed by atoms with E-state index in [0.29, 0.717) is 11.8 Å². The Morgan fingerprint density at radius 3 is 2.63 bits per heavy atom. The topological polar surface area (TPSA) is 79.5 Å². The predicted molar refractivity (Wildman–Crippen MR) is 70.9 cm³/mol. The van der Waals surface area contributed by atoms with Crippen molar-refractivity contribution in [1.29, 1.82) is 0 Å². The first-order chi connectivity index (χ1) is 8.92. The second-order valence-corrected chi connectivity index (χ2v) is 7.11. The molecular weight excluding hydrogens is 266 g/mol. The van der Waals surface area contributed by atoms with Crippen molar-refractivity contribution in [2.45, 2.75) is 50.9 Å². The van der Waals surface area contributed by atoms with E-state index in [2.05, 4.69) is 18.6 Å². The van der Waals surface area contributed by atoms with Gasteiger partial charge in [0.15, 0.2) is 0 Å². The molecule has 0 spiro atoms. The van der Waals surface area contributed by atoms with E-state index in [0.717, 1.165) is 19.3 Å². The molecule has 0 bridgehead atoms. The summed E-state index contributed by atoms with van der Waals surface area (Å²) in [6.07, 6.45) is 2.75. The maximum absolute atomic E-state index is 12.1. The van der Waals surface area contributed by atoms with Crippen LogP contribution in [0.1, 0.15) is 38.9 Å². The fourth-order valence-electron chi connectivity index (χ4n) is 2.52. The molecule has 6 heteroatoms. The minimum absolute atomic E-state index is 0.0288. The quantitative estimate of drug-likeness (QED) is 0.886. The first-order valence-corrected chi connectivity index (χ1v) is 8.12. The van der Waals surface area contributed by atoms with Crippen LogP contribution in [0.4, 0.5) is 0 Å². The molecule has 108 valence electrons. The number of sulfonamides is 1. The molecule has 1 aromatic heterocycles. The van der Waals surface area contributed by atoms with Crippen molar-refractivity contribution in [3.8, 4) is 0 Å². The third-order valence-electron chi connectivity index (χ3n) is 3.98. The molecule has 1 aliphatic carbocycles. The number of hydrogen-bond donors (Lipinski definition) is 2. The predicted octanol–water partition coefficient (Wildman–Crippen LogP) is 1.87. The van der Waals surface area contributed by atoms with Crippen molar-refractivity contribution in [2.75, 3.05) is 0 Å². The van der Waals surface area contributed by atoms with Gasteiger partial charge in [0.1, 0.15) is 12.4 Å². The zero-order valence-electron chi connectivity index (χ0n) is 11.3. The zero-order valence-corrected chi connectivity index (χ0v) is 12.1. The van der Waals surface area contributed by atoms with E-state index in [1.807, 2.05) is 0 Å². The van der Waals surface area contributed by atoms with Crippen LogP contribution in [0.25, 0.3) is 0 Å². The Morgan fingerprint density at radius 2 is 2.05 bits per heavy atom. The lowest BCUT2D eigenvalue weighted by atomic mass is 9.79. The van der Waals surface area contributed by atoms with Gasteiger partial charge in [-0.25, -0.2) is 13.1 Å². The number of hydrogen-bond acceptors (Lipinski definition) is 4. The van der Waals surface area contributed by atoms with Crippen LogP contribution in [0.2, 0.25) is 0 Å². The summed E-state index contributed by atoms with van der Waals surface area (Å²) in [5.41, 5.74) is 0. The van der Waals surface area contributed by atoms with Gasteiger partial charge in [-0.05, 0) is 43.2 Å². The van der Waals surface area contributed by atoms with Gasteiger partial charge in [-0.2, -0.15) is 0 Å². The SMILES string of the molecule is CC1CCC(NS(=O)(=O)c2ccc(CO)o2)CC1C. The third kappa shape index (κ3) is 3.38. The number of furan rings is 1.